The summed E-state index contributed by atoms with van der Waals surface area (Å²) in [6, 6.07) is 4.21. The molecule has 0 aliphatic rings. The molecule has 0 atom stereocenters. The largest absolute Gasteiger partial charge is 0.480 e. The van der Waals surface area contributed by atoms with Gasteiger partial charge in [0.1, 0.15) is 6.54 Å². The van der Waals surface area contributed by atoms with E-state index in [1.54, 1.807) is 0 Å². The van der Waals surface area contributed by atoms with Gasteiger partial charge in [-0.05, 0) is 18.9 Å². The number of benzene rings is 1. The Hall–Kier alpha value is -2.44. The summed E-state index contributed by atoms with van der Waals surface area (Å²) < 4.78 is 0. The van der Waals surface area contributed by atoms with Crippen LogP contribution in [0.2, 0.25) is 0 Å². The molecule has 114 valence electrons. The summed E-state index contributed by atoms with van der Waals surface area (Å²) in [5, 5.41) is 19.8. The number of carbonyl (C=O) groups is 2. The molecule has 0 radical (unpaired) electrons. The second kappa shape index (κ2) is 6.83. The second-order valence-electron chi connectivity index (χ2n) is 5.18. The highest BCUT2D eigenvalue weighted by molar-refractivity contribution is 5.98. The molecule has 0 saturated carbocycles. The molecule has 0 fully saturated rings. The van der Waals surface area contributed by atoms with Crippen molar-refractivity contribution in [1.82, 2.24) is 4.90 Å². The molecule has 21 heavy (non-hydrogen) atoms. The van der Waals surface area contributed by atoms with Crippen LogP contribution in [0.3, 0.4) is 0 Å². The maximum atomic E-state index is 12.5. The topological polar surface area (TPSA) is 101 Å². The zero-order valence-electron chi connectivity index (χ0n) is 12.2. The fourth-order valence-electron chi connectivity index (χ4n) is 2.05. The second-order valence-corrected chi connectivity index (χ2v) is 5.18. The van der Waals surface area contributed by atoms with Gasteiger partial charge < -0.3 is 10.0 Å². The van der Waals surface area contributed by atoms with Crippen molar-refractivity contribution in [1.29, 1.82) is 0 Å². The van der Waals surface area contributed by atoms with Crippen LogP contribution in [-0.4, -0.2) is 39.9 Å². The van der Waals surface area contributed by atoms with Crippen LogP contribution in [-0.2, 0) is 4.79 Å². The third-order valence-corrected chi connectivity index (χ3v) is 2.93. The highest BCUT2D eigenvalue weighted by Gasteiger charge is 2.24. The van der Waals surface area contributed by atoms with Crippen LogP contribution in [0, 0.1) is 23.0 Å². The van der Waals surface area contributed by atoms with E-state index < -0.39 is 23.3 Å². The average Bonchev–Trinajstić information content (AvgIpc) is 2.36. The maximum Gasteiger partial charge on any atom is 0.323 e. The lowest BCUT2D eigenvalue weighted by Gasteiger charge is -2.23. The molecule has 1 aromatic rings. The highest BCUT2D eigenvalue weighted by atomic mass is 16.6. The fraction of sp³-hybridized carbons (Fsp3) is 0.429. The van der Waals surface area contributed by atoms with Gasteiger partial charge in [0.25, 0.3) is 11.6 Å². The molecular weight excluding hydrogens is 276 g/mol. The van der Waals surface area contributed by atoms with E-state index in [1.165, 1.54) is 30.0 Å². The van der Waals surface area contributed by atoms with Gasteiger partial charge in [0, 0.05) is 23.7 Å². The van der Waals surface area contributed by atoms with Crippen LogP contribution in [0.5, 0.6) is 0 Å². The summed E-state index contributed by atoms with van der Waals surface area (Å²) in [6.45, 7) is 5.05. The van der Waals surface area contributed by atoms with Gasteiger partial charge in [-0.25, -0.2) is 0 Å². The zero-order valence-corrected chi connectivity index (χ0v) is 12.2. The van der Waals surface area contributed by atoms with Crippen LogP contribution in [0.1, 0.15) is 29.8 Å². The summed E-state index contributed by atoms with van der Waals surface area (Å²) in [6.07, 6.45) is 0. The van der Waals surface area contributed by atoms with Gasteiger partial charge in [0.05, 0.1) is 4.92 Å². The predicted octanol–water partition coefficient (Wildman–Crippen LogP) is 2.09. The van der Waals surface area contributed by atoms with Crippen LogP contribution in [0.15, 0.2) is 18.2 Å². The lowest BCUT2D eigenvalue weighted by molar-refractivity contribution is -0.385. The molecule has 0 heterocycles. The van der Waals surface area contributed by atoms with Gasteiger partial charge in [-0.3, -0.25) is 19.7 Å². The van der Waals surface area contributed by atoms with Crippen LogP contribution >= 0.6 is 0 Å². The molecular formula is C14H18N2O5. The van der Waals surface area contributed by atoms with E-state index in [9.17, 15) is 19.7 Å². The van der Waals surface area contributed by atoms with Crippen molar-refractivity contribution in [2.24, 2.45) is 5.92 Å². The Labute approximate surface area is 122 Å². The summed E-state index contributed by atoms with van der Waals surface area (Å²) >= 11 is 0. The smallest absolute Gasteiger partial charge is 0.323 e. The van der Waals surface area contributed by atoms with Crippen LogP contribution < -0.4 is 0 Å². The van der Waals surface area contributed by atoms with Gasteiger partial charge >= 0.3 is 5.97 Å². The highest BCUT2D eigenvalue weighted by Crippen LogP contribution is 2.22. The Morgan fingerprint density at radius 3 is 2.48 bits per heavy atom. The van der Waals surface area contributed by atoms with Crippen LogP contribution in [0.4, 0.5) is 5.69 Å². The lowest BCUT2D eigenvalue weighted by Crippen LogP contribution is -2.38. The first-order valence-corrected chi connectivity index (χ1v) is 6.49. The molecule has 7 nitrogen and oxygen atoms in total. The molecule has 0 spiro atoms. The molecule has 1 rings (SSSR count). The number of carbonyl (C=O) groups excluding carboxylic acids is 1. The predicted molar refractivity (Wildman–Crippen MR) is 76.2 cm³/mol. The number of rotatable bonds is 6. The van der Waals surface area contributed by atoms with Crippen molar-refractivity contribution >= 4 is 17.6 Å². The van der Waals surface area contributed by atoms with Crippen molar-refractivity contribution in [3.8, 4) is 0 Å². The molecule has 0 unspecified atom stereocenters. The molecule has 0 aromatic heterocycles. The van der Waals surface area contributed by atoms with Gasteiger partial charge in [-0.15, -0.1) is 0 Å². The minimum Gasteiger partial charge on any atom is -0.480 e. The first kappa shape index (κ1) is 16.6. The number of nitro groups is 1. The van der Waals surface area contributed by atoms with E-state index in [0.29, 0.717) is 0 Å². The van der Waals surface area contributed by atoms with Crippen molar-refractivity contribution in [3.63, 3.8) is 0 Å². The van der Waals surface area contributed by atoms with E-state index in [4.69, 9.17) is 5.11 Å². The Balaban J connectivity index is 3.17. The first-order valence-electron chi connectivity index (χ1n) is 6.49. The number of carboxylic acid groups (broad SMARTS) is 1. The number of nitrogens with zero attached hydrogens (tertiary/aromatic N) is 2. The van der Waals surface area contributed by atoms with Gasteiger partial charge in [0.2, 0.25) is 0 Å². The molecule has 1 amide bonds. The van der Waals surface area contributed by atoms with E-state index in [2.05, 4.69) is 0 Å². The van der Waals surface area contributed by atoms with Crippen molar-refractivity contribution in [2.75, 3.05) is 13.1 Å². The number of aliphatic carboxylic acids is 1. The van der Waals surface area contributed by atoms with E-state index >= 15 is 0 Å². The molecule has 0 aliphatic carbocycles. The first-order chi connectivity index (χ1) is 9.73. The minimum atomic E-state index is -1.12. The fourth-order valence-corrected chi connectivity index (χ4v) is 2.05. The van der Waals surface area contributed by atoms with Crippen molar-refractivity contribution < 1.29 is 19.6 Å². The number of hydrogen-bond acceptors (Lipinski definition) is 4. The van der Waals surface area contributed by atoms with E-state index in [0.717, 1.165) is 0 Å². The zero-order chi connectivity index (χ0) is 16.2. The molecule has 0 bridgehead atoms. The third-order valence-electron chi connectivity index (χ3n) is 2.93. The van der Waals surface area contributed by atoms with Gasteiger partial charge in [-0.2, -0.15) is 0 Å². The normalized spacial score (nSPS) is 10.5. The average molecular weight is 294 g/mol. The SMILES string of the molecule is Cc1c(C(=O)N(CC(=O)O)CC(C)C)cccc1[N+](=O)[O-]. The Morgan fingerprint density at radius 1 is 1.38 bits per heavy atom. The van der Waals surface area contributed by atoms with Gasteiger partial charge in [-0.1, -0.05) is 19.9 Å². The molecule has 0 saturated heterocycles. The molecule has 7 heteroatoms. The summed E-state index contributed by atoms with van der Waals surface area (Å²) in [4.78, 5) is 34.9. The molecule has 1 N–H and O–H groups in total. The maximum absolute atomic E-state index is 12.5. The number of nitro benzene ring substituents is 1. The van der Waals surface area contributed by atoms with Crippen molar-refractivity contribution in [2.45, 2.75) is 20.8 Å². The Bertz CT molecular complexity index is 568. The van der Waals surface area contributed by atoms with E-state index in [-0.39, 0.29) is 29.3 Å². The lowest BCUT2D eigenvalue weighted by atomic mass is 10.0. The quantitative estimate of drug-likeness (QED) is 0.639. The van der Waals surface area contributed by atoms with Crippen molar-refractivity contribution in [3.05, 3.63) is 39.4 Å². The standard InChI is InChI=1S/C14H18N2O5/c1-9(2)7-15(8-13(17)18)14(19)11-5-4-6-12(10(11)3)16(20)21/h4-6,9H,7-8H2,1-3H3,(H,17,18). The number of hydrogen-bond donors (Lipinski definition) is 1. The number of amides is 1. The van der Waals surface area contributed by atoms with E-state index in [1.807, 2.05) is 13.8 Å². The Morgan fingerprint density at radius 2 is 2.00 bits per heavy atom. The van der Waals surface area contributed by atoms with Crippen LogP contribution in [0.25, 0.3) is 0 Å². The minimum absolute atomic E-state index is 0.0901. The van der Waals surface area contributed by atoms with Gasteiger partial charge in [0.15, 0.2) is 0 Å². The Kier molecular flexibility index (Phi) is 5.40. The summed E-state index contributed by atoms with van der Waals surface area (Å²) in [5.41, 5.74) is 0.249. The monoisotopic (exact) mass is 294 g/mol. The molecule has 1 aromatic carbocycles. The summed E-state index contributed by atoms with van der Waals surface area (Å²) in [5.74, 6) is -1.54. The molecule has 0 aliphatic heterocycles. The number of carboxylic acids is 1. The summed E-state index contributed by atoms with van der Waals surface area (Å²) in [7, 11) is 0. The third kappa shape index (κ3) is 4.27.